The van der Waals surface area contributed by atoms with E-state index in [9.17, 15) is 19.2 Å². The molecule has 2 aliphatic heterocycles. The fourth-order valence-electron chi connectivity index (χ4n) is 5.49. The predicted molar refractivity (Wildman–Crippen MR) is 182 cm³/mol. The van der Waals surface area contributed by atoms with Crippen LogP contribution in [0.2, 0.25) is 0 Å². The minimum atomic E-state index is -0.584. The molecule has 2 fully saturated rings. The van der Waals surface area contributed by atoms with E-state index >= 15 is 0 Å². The first-order valence-corrected chi connectivity index (χ1v) is 17.5. The number of fused-ring (bicyclic) bond motifs is 1. The van der Waals surface area contributed by atoms with Crippen LogP contribution in [0.5, 0.6) is 11.6 Å². The number of pyridine rings is 1. The Morgan fingerprint density at radius 2 is 1.77 bits per heavy atom. The number of hydrogen-bond acceptors (Lipinski definition) is 8. The smallest absolute Gasteiger partial charge is 0.407 e. The Hall–Kier alpha value is -4.00. The predicted octanol–water partition coefficient (Wildman–Crippen LogP) is 4.95. The lowest BCUT2D eigenvalue weighted by atomic mass is 10.0. The lowest BCUT2D eigenvalue weighted by Crippen LogP contribution is -2.36. The molecule has 13 heteroatoms. The van der Waals surface area contributed by atoms with E-state index in [0.717, 1.165) is 55.5 Å². The molecular formula is C34H48N6O6S. The molecule has 3 heterocycles. The van der Waals surface area contributed by atoms with E-state index in [1.54, 1.807) is 51.1 Å². The Bertz CT molecular complexity index is 1400. The van der Waals surface area contributed by atoms with Gasteiger partial charge in [0, 0.05) is 54.4 Å². The number of hydrogen-bond donors (Lipinski definition) is 5. The van der Waals surface area contributed by atoms with Gasteiger partial charge < -0.3 is 36.1 Å². The van der Waals surface area contributed by atoms with Crippen LogP contribution in [0.3, 0.4) is 0 Å². The Morgan fingerprint density at radius 1 is 0.979 bits per heavy atom. The molecule has 5 amide bonds. The first-order chi connectivity index (χ1) is 22.4. The monoisotopic (exact) mass is 668 g/mol. The molecule has 5 N–H and O–H groups in total. The van der Waals surface area contributed by atoms with E-state index < -0.39 is 11.7 Å². The van der Waals surface area contributed by atoms with Gasteiger partial charge in [0.15, 0.2) is 0 Å². The third-order valence-corrected chi connectivity index (χ3v) is 9.19. The van der Waals surface area contributed by atoms with Crippen LogP contribution in [0.15, 0.2) is 36.4 Å². The second-order valence-electron chi connectivity index (χ2n) is 13.0. The van der Waals surface area contributed by atoms with Crippen LogP contribution < -0.4 is 31.3 Å². The maximum Gasteiger partial charge on any atom is 0.407 e. The van der Waals surface area contributed by atoms with Gasteiger partial charge in [-0.25, -0.2) is 14.6 Å². The van der Waals surface area contributed by atoms with Crippen molar-refractivity contribution in [1.82, 2.24) is 31.6 Å². The van der Waals surface area contributed by atoms with Crippen molar-refractivity contribution in [2.24, 2.45) is 0 Å². The topological polar surface area (TPSA) is 160 Å². The average molecular weight is 669 g/mol. The second kappa shape index (κ2) is 17.2. The standard InChI is InChI=1S/C34H48N6O6S/c1-22-17-23(20-37-33(44)46-34(2,3)4)18-29(38-22)45-25-12-10-11-24(19-25)31(42)36-16-9-5-8-15-35-28(41)14-7-6-13-27-30-26(21-47-27)39-32(43)40-30/h10-12,17-19,26-27,30H,5-9,13-16,20-21H2,1-4H3,(H,35,41)(H,36,42)(H,37,44)(H2,39,40,43)/t26-,27-,30-/m0/s1. The molecule has 1 aromatic carbocycles. The van der Waals surface area contributed by atoms with Crippen molar-refractivity contribution in [2.45, 2.75) is 102 Å². The van der Waals surface area contributed by atoms with E-state index in [4.69, 9.17) is 9.47 Å². The van der Waals surface area contributed by atoms with Crippen LogP contribution in [0, 0.1) is 6.92 Å². The molecule has 0 unspecified atom stereocenters. The van der Waals surface area contributed by atoms with Crippen molar-refractivity contribution < 1.29 is 28.7 Å². The normalized spacial score (nSPS) is 18.5. The van der Waals surface area contributed by atoms with Crippen molar-refractivity contribution in [3.05, 3.63) is 53.2 Å². The van der Waals surface area contributed by atoms with E-state index in [0.29, 0.717) is 42.0 Å². The van der Waals surface area contributed by atoms with Crippen LogP contribution in [-0.2, 0) is 16.1 Å². The summed E-state index contributed by atoms with van der Waals surface area (Å²) in [6.07, 6.45) is 5.36. The van der Waals surface area contributed by atoms with Gasteiger partial charge in [0.25, 0.3) is 5.91 Å². The zero-order valence-corrected chi connectivity index (χ0v) is 28.6. The molecule has 2 aliphatic rings. The number of carbonyl (C=O) groups is 4. The number of benzene rings is 1. The number of carbonyl (C=O) groups excluding carboxylic acids is 4. The maximum atomic E-state index is 12.7. The minimum Gasteiger partial charge on any atom is -0.444 e. The summed E-state index contributed by atoms with van der Waals surface area (Å²) in [4.78, 5) is 52.9. The number of amides is 5. The van der Waals surface area contributed by atoms with Crippen LogP contribution >= 0.6 is 11.8 Å². The molecule has 0 spiro atoms. The Morgan fingerprint density at radius 3 is 2.55 bits per heavy atom. The molecule has 1 aromatic heterocycles. The van der Waals surface area contributed by atoms with Crippen molar-refractivity contribution in [2.75, 3.05) is 18.8 Å². The van der Waals surface area contributed by atoms with Crippen LogP contribution in [0.1, 0.15) is 87.3 Å². The summed E-state index contributed by atoms with van der Waals surface area (Å²) < 4.78 is 11.2. The lowest BCUT2D eigenvalue weighted by Gasteiger charge is -2.19. The molecule has 256 valence electrons. The summed E-state index contributed by atoms with van der Waals surface area (Å²) in [5, 5.41) is 15.1. The highest BCUT2D eigenvalue weighted by Gasteiger charge is 2.42. The molecule has 0 radical (unpaired) electrons. The average Bonchev–Trinajstić information content (AvgIpc) is 3.55. The molecule has 0 aliphatic carbocycles. The lowest BCUT2D eigenvalue weighted by molar-refractivity contribution is -0.121. The van der Waals surface area contributed by atoms with Crippen LogP contribution in [0.4, 0.5) is 9.59 Å². The van der Waals surface area contributed by atoms with E-state index in [2.05, 4.69) is 31.6 Å². The number of alkyl carbamates (subject to hydrolysis) is 1. The van der Waals surface area contributed by atoms with Gasteiger partial charge in [0.05, 0.1) is 12.1 Å². The van der Waals surface area contributed by atoms with Crippen molar-refractivity contribution in [3.63, 3.8) is 0 Å². The third kappa shape index (κ3) is 12.3. The highest BCUT2D eigenvalue weighted by atomic mass is 32.2. The largest absolute Gasteiger partial charge is 0.444 e. The van der Waals surface area contributed by atoms with Gasteiger partial charge in [0.1, 0.15) is 11.4 Å². The fraction of sp³-hybridized carbons (Fsp3) is 0.559. The van der Waals surface area contributed by atoms with Crippen LogP contribution in [-0.4, -0.2) is 70.7 Å². The minimum absolute atomic E-state index is 0.0662. The number of aromatic nitrogens is 1. The molecular weight excluding hydrogens is 620 g/mol. The summed E-state index contributed by atoms with van der Waals surface area (Å²) in [7, 11) is 0. The second-order valence-corrected chi connectivity index (χ2v) is 14.2. The third-order valence-electron chi connectivity index (χ3n) is 7.69. The number of ether oxygens (including phenoxy) is 2. The zero-order chi connectivity index (χ0) is 33.8. The molecule has 0 saturated carbocycles. The van der Waals surface area contributed by atoms with E-state index in [-0.39, 0.29) is 36.5 Å². The quantitative estimate of drug-likeness (QED) is 0.124. The molecule has 0 bridgehead atoms. The molecule has 3 atom stereocenters. The first-order valence-electron chi connectivity index (χ1n) is 16.4. The SMILES string of the molecule is Cc1cc(CNC(=O)OC(C)(C)C)cc(Oc2cccc(C(=O)NCCCCCNC(=O)CCCC[C@@H]3SC[C@@H]4NC(=O)N[C@@H]43)c2)n1. The van der Waals surface area contributed by atoms with Gasteiger partial charge in [0.2, 0.25) is 11.8 Å². The number of aryl methyl sites for hydroxylation is 1. The van der Waals surface area contributed by atoms with Crippen molar-refractivity contribution in [1.29, 1.82) is 0 Å². The zero-order valence-electron chi connectivity index (χ0n) is 27.8. The van der Waals surface area contributed by atoms with Crippen molar-refractivity contribution in [3.8, 4) is 11.6 Å². The van der Waals surface area contributed by atoms with Gasteiger partial charge in [-0.1, -0.05) is 12.5 Å². The van der Waals surface area contributed by atoms with Gasteiger partial charge in [-0.2, -0.15) is 11.8 Å². The maximum absolute atomic E-state index is 12.7. The highest BCUT2D eigenvalue weighted by Crippen LogP contribution is 2.33. The first kappa shape index (κ1) is 35.8. The number of nitrogens with one attached hydrogen (secondary N) is 5. The van der Waals surface area contributed by atoms with Gasteiger partial charge in [-0.3, -0.25) is 9.59 Å². The molecule has 12 nitrogen and oxygen atoms in total. The number of thioether (sulfide) groups is 1. The summed E-state index contributed by atoms with van der Waals surface area (Å²) >= 11 is 1.90. The van der Waals surface area contributed by atoms with Crippen LogP contribution in [0.25, 0.3) is 0 Å². The summed E-state index contributed by atoms with van der Waals surface area (Å²) in [6.45, 7) is 8.67. The molecule has 4 rings (SSSR count). The van der Waals surface area contributed by atoms with E-state index in [1.165, 1.54) is 0 Å². The number of nitrogens with zero attached hydrogens (tertiary/aromatic N) is 1. The summed E-state index contributed by atoms with van der Waals surface area (Å²) in [6, 6.07) is 10.9. The number of urea groups is 1. The number of rotatable bonds is 16. The van der Waals surface area contributed by atoms with Crippen molar-refractivity contribution >= 4 is 35.7 Å². The Balaban J connectivity index is 1.07. The van der Waals surface area contributed by atoms with E-state index in [1.807, 2.05) is 24.8 Å². The fourth-order valence-corrected chi connectivity index (χ4v) is 7.04. The number of unbranched alkanes of at least 4 members (excludes halogenated alkanes) is 3. The van der Waals surface area contributed by atoms with Gasteiger partial charge in [-0.15, -0.1) is 0 Å². The summed E-state index contributed by atoms with van der Waals surface area (Å²) in [5.41, 5.74) is 1.42. The molecule has 2 saturated heterocycles. The van der Waals surface area contributed by atoms with Gasteiger partial charge in [-0.05, 0) is 89.6 Å². The molecule has 47 heavy (non-hydrogen) atoms. The Kier molecular flexibility index (Phi) is 13.1. The highest BCUT2D eigenvalue weighted by molar-refractivity contribution is 8.00. The summed E-state index contributed by atoms with van der Waals surface area (Å²) in [5.74, 6) is 1.66. The molecule has 2 aromatic rings. The Labute approximate surface area is 281 Å². The van der Waals surface area contributed by atoms with Gasteiger partial charge >= 0.3 is 12.1 Å².